The maximum Gasteiger partial charge on any atom is 0.273 e. The Morgan fingerprint density at radius 2 is 2.05 bits per heavy atom. The van der Waals surface area contributed by atoms with Crippen molar-refractivity contribution in [1.82, 2.24) is 9.78 Å². The molecule has 0 aliphatic heterocycles. The van der Waals surface area contributed by atoms with Crippen LogP contribution in [0.1, 0.15) is 11.3 Å². The third-order valence-electron chi connectivity index (χ3n) is 3.02. The van der Waals surface area contributed by atoms with E-state index in [2.05, 4.69) is 15.7 Å². The summed E-state index contributed by atoms with van der Waals surface area (Å²) in [6.07, 6.45) is 1.93. The fourth-order valence-electron chi connectivity index (χ4n) is 1.98. The maximum atomic E-state index is 10.9. The number of benzene rings is 1. The molecule has 2 rings (SSSR count). The summed E-state index contributed by atoms with van der Waals surface area (Å²) in [6.45, 7) is 2.51. The topological polar surface area (TPSA) is 85.0 Å². The van der Waals surface area contributed by atoms with Gasteiger partial charge in [0.25, 0.3) is 5.69 Å². The summed E-state index contributed by atoms with van der Waals surface area (Å²) in [5.74, 6) is 0. The Morgan fingerprint density at radius 3 is 2.60 bits per heavy atom. The molecule has 0 radical (unpaired) electrons. The van der Waals surface area contributed by atoms with Gasteiger partial charge in [-0.05, 0) is 13.0 Å². The summed E-state index contributed by atoms with van der Waals surface area (Å²) >= 11 is 0. The van der Waals surface area contributed by atoms with Crippen LogP contribution in [0.15, 0.2) is 24.4 Å². The normalized spacial score (nSPS) is 10.3. The van der Waals surface area contributed by atoms with Gasteiger partial charge >= 0.3 is 0 Å². The number of hydrogen-bond donors (Lipinski definition) is 2. The fourth-order valence-corrected chi connectivity index (χ4v) is 1.98. The lowest BCUT2D eigenvalue weighted by atomic mass is 10.2. The Kier molecular flexibility index (Phi) is 3.88. The number of non-ortho nitro benzene ring substituents is 1. The first-order valence-corrected chi connectivity index (χ1v) is 6.20. The lowest BCUT2D eigenvalue weighted by Gasteiger charge is -2.08. The summed E-state index contributed by atoms with van der Waals surface area (Å²) in [5, 5.41) is 21.3. The molecule has 2 aromatic rings. The highest BCUT2D eigenvalue weighted by Crippen LogP contribution is 2.24. The molecule has 0 unspecified atom stereocenters. The number of aryl methyl sites for hydroxylation is 2. The van der Waals surface area contributed by atoms with Gasteiger partial charge in [0.15, 0.2) is 0 Å². The van der Waals surface area contributed by atoms with E-state index in [4.69, 9.17) is 0 Å². The van der Waals surface area contributed by atoms with Crippen molar-refractivity contribution < 1.29 is 4.92 Å². The number of aromatic nitrogens is 2. The molecule has 0 spiro atoms. The molecule has 106 valence electrons. The minimum absolute atomic E-state index is 0.0576. The molecular weight excluding hydrogens is 258 g/mol. The van der Waals surface area contributed by atoms with Crippen molar-refractivity contribution in [3.63, 3.8) is 0 Å². The molecule has 1 heterocycles. The zero-order valence-electron chi connectivity index (χ0n) is 11.7. The van der Waals surface area contributed by atoms with Gasteiger partial charge in [0, 0.05) is 55.9 Å². The summed E-state index contributed by atoms with van der Waals surface area (Å²) in [5.41, 5.74) is 3.46. The molecule has 0 amide bonds. The molecule has 7 nitrogen and oxygen atoms in total. The van der Waals surface area contributed by atoms with Crippen LogP contribution in [0.25, 0.3) is 0 Å². The van der Waals surface area contributed by atoms with E-state index in [1.54, 1.807) is 11.7 Å². The Labute approximate surface area is 116 Å². The molecule has 0 aliphatic carbocycles. The first-order chi connectivity index (χ1) is 9.49. The van der Waals surface area contributed by atoms with Gasteiger partial charge in [0.2, 0.25) is 0 Å². The molecule has 0 bridgehead atoms. The third-order valence-corrected chi connectivity index (χ3v) is 3.02. The van der Waals surface area contributed by atoms with Crippen LogP contribution in [0.5, 0.6) is 0 Å². The number of nitro benzene ring substituents is 1. The van der Waals surface area contributed by atoms with E-state index in [0.29, 0.717) is 17.9 Å². The van der Waals surface area contributed by atoms with Crippen LogP contribution >= 0.6 is 0 Å². The Morgan fingerprint density at radius 1 is 1.35 bits per heavy atom. The highest BCUT2D eigenvalue weighted by molar-refractivity contribution is 5.63. The van der Waals surface area contributed by atoms with Crippen molar-refractivity contribution in [2.75, 3.05) is 17.7 Å². The molecule has 0 fully saturated rings. The SMILES string of the molecule is CNc1cc(NCc2cn(C)nc2C)cc([N+](=O)[O-])c1. The minimum atomic E-state index is -0.401. The van der Waals surface area contributed by atoms with Gasteiger partial charge in [-0.2, -0.15) is 5.10 Å². The van der Waals surface area contributed by atoms with Gasteiger partial charge in [-0.3, -0.25) is 14.8 Å². The van der Waals surface area contributed by atoms with Crippen LogP contribution in [0, 0.1) is 17.0 Å². The van der Waals surface area contributed by atoms with Crippen molar-refractivity contribution in [2.45, 2.75) is 13.5 Å². The largest absolute Gasteiger partial charge is 0.388 e. The second-order valence-corrected chi connectivity index (χ2v) is 4.54. The van der Waals surface area contributed by atoms with Crippen LogP contribution in [0.3, 0.4) is 0 Å². The molecule has 0 aliphatic rings. The average Bonchev–Trinajstić information content (AvgIpc) is 2.74. The summed E-state index contributed by atoms with van der Waals surface area (Å²) < 4.78 is 1.75. The number of rotatable bonds is 5. The number of nitrogens with one attached hydrogen (secondary N) is 2. The van der Waals surface area contributed by atoms with Crippen LogP contribution in [-0.2, 0) is 13.6 Å². The molecule has 0 saturated heterocycles. The molecule has 0 atom stereocenters. The van der Waals surface area contributed by atoms with Gasteiger partial charge in [-0.1, -0.05) is 0 Å². The quantitative estimate of drug-likeness (QED) is 0.646. The van der Waals surface area contributed by atoms with E-state index in [9.17, 15) is 10.1 Å². The Bertz CT molecular complexity index is 636. The van der Waals surface area contributed by atoms with E-state index in [1.807, 2.05) is 26.2 Å². The van der Waals surface area contributed by atoms with Gasteiger partial charge in [0.1, 0.15) is 0 Å². The molecule has 0 saturated carbocycles. The smallest absolute Gasteiger partial charge is 0.273 e. The molecule has 1 aromatic heterocycles. The van der Waals surface area contributed by atoms with Gasteiger partial charge in [0.05, 0.1) is 10.6 Å². The van der Waals surface area contributed by atoms with Crippen LogP contribution in [0.4, 0.5) is 17.1 Å². The van der Waals surface area contributed by atoms with Crippen molar-refractivity contribution in [3.8, 4) is 0 Å². The second-order valence-electron chi connectivity index (χ2n) is 4.54. The zero-order valence-corrected chi connectivity index (χ0v) is 11.7. The minimum Gasteiger partial charge on any atom is -0.388 e. The Hall–Kier alpha value is -2.57. The number of nitrogens with zero attached hydrogens (tertiary/aromatic N) is 3. The summed E-state index contributed by atoms with van der Waals surface area (Å²) in [4.78, 5) is 10.5. The molecule has 1 aromatic carbocycles. The first-order valence-electron chi connectivity index (χ1n) is 6.20. The lowest BCUT2D eigenvalue weighted by Crippen LogP contribution is -2.02. The predicted octanol–water partition coefficient (Wildman–Crippen LogP) is 2.29. The highest BCUT2D eigenvalue weighted by atomic mass is 16.6. The number of hydrogen-bond acceptors (Lipinski definition) is 5. The number of anilines is 2. The molecule has 7 heteroatoms. The molecule has 20 heavy (non-hydrogen) atoms. The van der Waals surface area contributed by atoms with Crippen LogP contribution in [0.2, 0.25) is 0 Å². The lowest BCUT2D eigenvalue weighted by molar-refractivity contribution is -0.384. The molecular formula is C13H17N5O2. The standard InChI is InChI=1S/C13H17N5O2/c1-9-10(8-17(3)16-9)7-15-12-4-11(14-2)5-13(6-12)18(19)20/h4-6,8,14-15H,7H2,1-3H3. The van der Waals surface area contributed by atoms with Crippen LogP contribution < -0.4 is 10.6 Å². The molecule has 2 N–H and O–H groups in total. The zero-order chi connectivity index (χ0) is 14.7. The van der Waals surface area contributed by atoms with Crippen molar-refractivity contribution in [1.29, 1.82) is 0 Å². The highest BCUT2D eigenvalue weighted by Gasteiger charge is 2.10. The van der Waals surface area contributed by atoms with E-state index < -0.39 is 4.92 Å². The van der Waals surface area contributed by atoms with Crippen molar-refractivity contribution >= 4 is 17.1 Å². The number of nitro groups is 1. The first kappa shape index (κ1) is 13.9. The van der Waals surface area contributed by atoms with Crippen LogP contribution in [-0.4, -0.2) is 21.8 Å². The average molecular weight is 275 g/mol. The third kappa shape index (κ3) is 3.05. The fraction of sp³-hybridized carbons (Fsp3) is 0.308. The summed E-state index contributed by atoms with van der Waals surface area (Å²) in [7, 11) is 3.59. The van der Waals surface area contributed by atoms with Gasteiger partial charge < -0.3 is 10.6 Å². The summed E-state index contributed by atoms with van der Waals surface area (Å²) in [6, 6.07) is 4.85. The second kappa shape index (κ2) is 5.60. The van der Waals surface area contributed by atoms with Gasteiger partial charge in [-0.25, -0.2) is 0 Å². The van der Waals surface area contributed by atoms with E-state index in [0.717, 1.165) is 11.3 Å². The van der Waals surface area contributed by atoms with Gasteiger partial charge in [-0.15, -0.1) is 0 Å². The van der Waals surface area contributed by atoms with E-state index in [1.165, 1.54) is 12.1 Å². The predicted molar refractivity (Wildman–Crippen MR) is 77.9 cm³/mol. The maximum absolute atomic E-state index is 10.9. The Balaban J connectivity index is 2.18. The monoisotopic (exact) mass is 275 g/mol. The van der Waals surface area contributed by atoms with Crippen molar-refractivity contribution in [2.24, 2.45) is 7.05 Å². The van der Waals surface area contributed by atoms with Crippen molar-refractivity contribution in [3.05, 3.63) is 45.8 Å². The van der Waals surface area contributed by atoms with E-state index in [-0.39, 0.29) is 5.69 Å². The van der Waals surface area contributed by atoms with E-state index >= 15 is 0 Å².